The van der Waals surface area contributed by atoms with Crippen molar-refractivity contribution < 1.29 is 0 Å². The van der Waals surface area contributed by atoms with E-state index in [9.17, 15) is 0 Å². The van der Waals surface area contributed by atoms with Gasteiger partial charge in [-0.2, -0.15) is 0 Å². The number of benzene rings is 1. The molecular weight excluding hydrogens is 254 g/mol. The SMILES string of the molecule is CCc1ccc([Se][SeH])cc1. The van der Waals surface area contributed by atoms with E-state index in [1.54, 1.807) is 0 Å². The van der Waals surface area contributed by atoms with Crippen molar-refractivity contribution in [1.29, 1.82) is 0 Å². The summed E-state index contributed by atoms with van der Waals surface area (Å²) in [5, 5.41) is 0. The Hall–Kier alpha value is 0.259. The van der Waals surface area contributed by atoms with E-state index in [4.69, 9.17) is 0 Å². The van der Waals surface area contributed by atoms with Gasteiger partial charge in [-0.15, -0.1) is 0 Å². The summed E-state index contributed by atoms with van der Waals surface area (Å²) < 4.78 is 1.46. The molecule has 0 bridgehead atoms. The average molecular weight is 264 g/mol. The Morgan fingerprint density at radius 1 is 1.30 bits per heavy atom. The zero-order chi connectivity index (χ0) is 7.40. The van der Waals surface area contributed by atoms with Gasteiger partial charge in [0, 0.05) is 0 Å². The van der Waals surface area contributed by atoms with E-state index in [0.717, 1.165) is 6.42 Å². The number of rotatable bonds is 2. The molecule has 0 nitrogen and oxygen atoms in total. The van der Waals surface area contributed by atoms with Crippen LogP contribution in [-0.2, 0) is 6.42 Å². The second-order valence-electron chi connectivity index (χ2n) is 2.09. The summed E-state index contributed by atoms with van der Waals surface area (Å²) in [5.74, 6) is 0. The van der Waals surface area contributed by atoms with Crippen LogP contribution in [0.25, 0.3) is 0 Å². The fourth-order valence-electron chi connectivity index (χ4n) is 0.786. The molecule has 2 heteroatoms. The maximum atomic E-state index is 2.65. The summed E-state index contributed by atoms with van der Waals surface area (Å²) in [7, 11) is 0. The first-order valence-electron chi connectivity index (χ1n) is 3.27. The van der Waals surface area contributed by atoms with Crippen molar-refractivity contribution in [3.8, 4) is 0 Å². The molecule has 0 saturated carbocycles. The third-order valence-electron chi connectivity index (χ3n) is 1.44. The molecule has 1 aromatic rings. The van der Waals surface area contributed by atoms with Crippen LogP contribution in [-0.4, -0.2) is 27.3 Å². The van der Waals surface area contributed by atoms with Gasteiger partial charge < -0.3 is 0 Å². The van der Waals surface area contributed by atoms with E-state index in [1.807, 2.05) is 0 Å². The second-order valence-corrected chi connectivity index (χ2v) is 5.45. The first-order valence-corrected chi connectivity index (χ1v) is 8.87. The Balaban J connectivity index is 2.80. The van der Waals surface area contributed by atoms with Crippen molar-refractivity contribution in [3.63, 3.8) is 0 Å². The quantitative estimate of drug-likeness (QED) is 0.678. The van der Waals surface area contributed by atoms with E-state index < -0.39 is 0 Å². The molecule has 0 spiro atoms. The Kier molecular flexibility index (Phi) is 3.51. The van der Waals surface area contributed by atoms with Crippen LogP contribution in [0.5, 0.6) is 0 Å². The van der Waals surface area contributed by atoms with Gasteiger partial charge in [0.2, 0.25) is 0 Å². The normalized spacial score (nSPS) is 9.80. The summed E-state index contributed by atoms with van der Waals surface area (Å²) in [6.07, 6.45) is 1.14. The summed E-state index contributed by atoms with van der Waals surface area (Å²) in [5.41, 5.74) is 1.43. The summed E-state index contributed by atoms with van der Waals surface area (Å²) in [4.78, 5) is 0. The van der Waals surface area contributed by atoms with Gasteiger partial charge in [0.05, 0.1) is 0 Å². The minimum atomic E-state index is 0.596. The number of aryl methyl sites for hydroxylation is 1. The minimum absolute atomic E-state index is 0.596. The predicted molar refractivity (Wildman–Crippen MR) is 48.4 cm³/mol. The fraction of sp³-hybridized carbons (Fsp3) is 0.250. The van der Waals surface area contributed by atoms with Crippen LogP contribution in [0.3, 0.4) is 0 Å². The van der Waals surface area contributed by atoms with Crippen LogP contribution < -0.4 is 4.46 Å². The molecule has 0 aliphatic rings. The Labute approximate surface area is 74.9 Å². The van der Waals surface area contributed by atoms with E-state index in [1.165, 1.54) is 10.0 Å². The second kappa shape index (κ2) is 4.20. The van der Waals surface area contributed by atoms with E-state index in [2.05, 4.69) is 45.4 Å². The van der Waals surface area contributed by atoms with Crippen LogP contribution >= 0.6 is 0 Å². The van der Waals surface area contributed by atoms with Crippen LogP contribution in [0.15, 0.2) is 24.3 Å². The van der Waals surface area contributed by atoms with Gasteiger partial charge in [-0.05, 0) is 0 Å². The van der Waals surface area contributed by atoms with Crippen molar-refractivity contribution in [1.82, 2.24) is 0 Å². The molecular formula is C8H10Se2. The van der Waals surface area contributed by atoms with Crippen molar-refractivity contribution in [2.75, 3.05) is 0 Å². The summed E-state index contributed by atoms with van der Waals surface area (Å²) in [6.45, 7) is 2.18. The summed E-state index contributed by atoms with van der Waals surface area (Å²) >= 11 is 3.25. The van der Waals surface area contributed by atoms with E-state index in [0.29, 0.717) is 13.1 Å². The van der Waals surface area contributed by atoms with Gasteiger partial charge in [-0.1, -0.05) is 0 Å². The molecule has 0 N–H and O–H groups in total. The van der Waals surface area contributed by atoms with Gasteiger partial charge >= 0.3 is 75.0 Å². The molecule has 1 rings (SSSR count). The monoisotopic (exact) mass is 266 g/mol. The van der Waals surface area contributed by atoms with Crippen molar-refractivity contribution in [2.45, 2.75) is 13.3 Å². The fourth-order valence-corrected chi connectivity index (χ4v) is 2.65. The molecule has 10 heavy (non-hydrogen) atoms. The standard InChI is InChI=1S/C8H10Se2/c1-2-7-3-5-8(10-9)6-4-7/h3-6,9H,2H2,1H3. The molecule has 0 radical (unpaired) electrons. The zero-order valence-electron chi connectivity index (χ0n) is 5.87. The first kappa shape index (κ1) is 8.36. The zero-order valence-corrected chi connectivity index (χ0v) is 9.46. The molecule has 0 aliphatic heterocycles. The molecule has 0 heterocycles. The van der Waals surface area contributed by atoms with Crippen LogP contribution in [0, 0.1) is 0 Å². The van der Waals surface area contributed by atoms with Crippen molar-refractivity contribution in [2.24, 2.45) is 0 Å². The molecule has 1 aromatic carbocycles. The van der Waals surface area contributed by atoms with Gasteiger partial charge in [-0.25, -0.2) is 0 Å². The topological polar surface area (TPSA) is 0 Å². The van der Waals surface area contributed by atoms with Gasteiger partial charge in [0.25, 0.3) is 0 Å². The number of hydrogen-bond donors (Lipinski definition) is 0. The molecule has 0 aliphatic carbocycles. The molecule has 54 valence electrons. The molecule has 0 amide bonds. The predicted octanol–water partition coefficient (Wildman–Crippen LogP) is 0.394. The Morgan fingerprint density at radius 2 is 1.90 bits per heavy atom. The molecule has 0 fully saturated rings. The Bertz CT molecular complexity index is 168. The first-order chi connectivity index (χ1) is 4.86. The number of hydrogen-bond acceptors (Lipinski definition) is 0. The molecule has 0 atom stereocenters. The van der Waals surface area contributed by atoms with Gasteiger partial charge in [0.1, 0.15) is 0 Å². The third kappa shape index (κ3) is 2.14. The van der Waals surface area contributed by atoms with Gasteiger partial charge in [0.15, 0.2) is 0 Å². The Morgan fingerprint density at radius 3 is 2.30 bits per heavy atom. The van der Waals surface area contributed by atoms with E-state index in [-0.39, 0.29) is 0 Å². The van der Waals surface area contributed by atoms with Gasteiger partial charge in [-0.3, -0.25) is 0 Å². The average Bonchev–Trinajstić information content (AvgIpc) is 2.05. The molecule has 0 unspecified atom stereocenters. The molecule has 0 aromatic heterocycles. The maximum absolute atomic E-state index is 2.65. The van der Waals surface area contributed by atoms with Crippen LogP contribution in [0.4, 0.5) is 0 Å². The van der Waals surface area contributed by atoms with Crippen LogP contribution in [0.1, 0.15) is 12.5 Å². The van der Waals surface area contributed by atoms with Crippen molar-refractivity contribution in [3.05, 3.63) is 29.8 Å². The molecule has 0 saturated heterocycles. The summed E-state index contributed by atoms with van der Waals surface area (Å²) in [6, 6.07) is 8.86. The third-order valence-corrected chi connectivity index (χ3v) is 4.75. The van der Waals surface area contributed by atoms with Crippen molar-refractivity contribution >= 4 is 31.8 Å². The van der Waals surface area contributed by atoms with Crippen LogP contribution in [0.2, 0.25) is 0 Å². The van der Waals surface area contributed by atoms with E-state index >= 15 is 0 Å².